The molecule has 1 fully saturated rings. The highest BCUT2D eigenvalue weighted by molar-refractivity contribution is 5.82. The van der Waals surface area contributed by atoms with E-state index in [-0.39, 0.29) is 5.56 Å². The van der Waals surface area contributed by atoms with Crippen molar-refractivity contribution in [3.63, 3.8) is 0 Å². The van der Waals surface area contributed by atoms with Crippen LogP contribution in [-0.2, 0) is 4.74 Å². The van der Waals surface area contributed by atoms with Gasteiger partial charge in [0.15, 0.2) is 0 Å². The fourth-order valence-corrected chi connectivity index (χ4v) is 2.91. The monoisotopic (exact) mass is 334 g/mol. The first-order valence-electron chi connectivity index (χ1n) is 8.04. The molecule has 0 amide bonds. The third kappa shape index (κ3) is 3.02. The Morgan fingerprint density at radius 1 is 1.04 bits per heavy atom. The summed E-state index contributed by atoms with van der Waals surface area (Å²) in [5.41, 5.74) is 3.13. The van der Waals surface area contributed by atoms with Crippen molar-refractivity contribution in [3.8, 4) is 17.2 Å². The summed E-state index contributed by atoms with van der Waals surface area (Å²) in [6.45, 7) is 2.95. The molecule has 2 aromatic carbocycles. The zero-order valence-electron chi connectivity index (χ0n) is 13.4. The van der Waals surface area contributed by atoms with Crippen LogP contribution in [0.3, 0.4) is 0 Å². The van der Waals surface area contributed by atoms with E-state index in [1.54, 1.807) is 12.3 Å². The molecule has 0 saturated carbocycles. The summed E-state index contributed by atoms with van der Waals surface area (Å²) in [5, 5.41) is 8.85. The number of halogens is 1. The minimum Gasteiger partial charge on any atom is -0.378 e. The van der Waals surface area contributed by atoms with Crippen LogP contribution in [-0.4, -0.2) is 36.3 Å². The molecule has 0 unspecified atom stereocenters. The molecule has 0 spiro atoms. The number of hydrogen-bond acceptors (Lipinski definition) is 5. The van der Waals surface area contributed by atoms with Gasteiger partial charge in [0.05, 0.1) is 36.0 Å². The standard InChI is InChI=1S/C19H15FN4O/c20-16-9-13(1-2-15(16)11-21)14-3-4-17-18(10-14)23-19(12-22-17)24-5-7-25-8-6-24/h1-4,9-10,12H,5-8H2. The summed E-state index contributed by atoms with van der Waals surface area (Å²) < 4.78 is 19.3. The third-order valence-electron chi connectivity index (χ3n) is 4.29. The molecule has 0 bridgehead atoms. The summed E-state index contributed by atoms with van der Waals surface area (Å²) >= 11 is 0. The number of ether oxygens (including phenoxy) is 1. The van der Waals surface area contributed by atoms with E-state index in [0.717, 1.165) is 35.5 Å². The van der Waals surface area contributed by atoms with Crippen LogP contribution in [0.25, 0.3) is 22.2 Å². The van der Waals surface area contributed by atoms with Crippen molar-refractivity contribution in [2.45, 2.75) is 0 Å². The van der Waals surface area contributed by atoms with E-state index >= 15 is 0 Å². The van der Waals surface area contributed by atoms with Gasteiger partial charge in [-0.15, -0.1) is 0 Å². The van der Waals surface area contributed by atoms with Crippen molar-refractivity contribution in [1.82, 2.24) is 9.97 Å². The molecule has 0 aliphatic carbocycles. The predicted octanol–water partition coefficient (Wildman–Crippen LogP) is 3.14. The van der Waals surface area contributed by atoms with Gasteiger partial charge < -0.3 is 9.64 Å². The van der Waals surface area contributed by atoms with Crippen molar-refractivity contribution < 1.29 is 9.13 Å². The Hall–Kier alpha value is -3.04. The maximum atomic E-state index is 13.9. The zero-order chi connectivity index (χ0) is 17.2. The molecule has 3 aromatic rings. The Balaban J connectivity index is 1.73. The van der Waals surface area contributed by atoms with Crippen LogP contribution in [0.4, 0.5) is 10.2 Å². The van der Waals surface area contributed by atoms with Crippen LogP contribution in [0.5, 0.6) is 0 Å². The van der Waals surface area contributed by atoms with Crippen LogP contribution < -0.4 is 4.90 Å². The van der Waals surface area contributed by atoms with Crippen LogP contribution >= 0.6 is 0 Å². The lowest BCUT2D eigenvalue weighted by Crippen LogP contribution is -2.36. The second kappa shape index (κ2) is 6.46. The summed E-state index contributed by atoms with van der Waals surface area (Å²) in [7, 11) is 0. The molecule has 4 rings (SSSR count). The highest BCUT2D eigenvalue weighted by atomic mass is 19.1. The molecule has 1 aliphatic heterocycles. The second-order valence-corrected chi connectivity index (χ2v) is 5.84. The van der Waals surface area contributed by atoms with Crippen LogP contribution in [0, 0.1) is 17.1 Å². The van der Waals surface area contributed by atoms with Gasteiger partial charge in [-0.2, -0.15) is 5.26 Å². The van der Waals surface area contributed by atoms with Gasteiger partial charge in [-0.3, -0.25) is 4.98 Å². The van der Waals surface area contributed by atoms with Crippen molar-refractivity contribution in [1.29, 1.82) is 5.26 Å². The highest BCUT2D eigenvalue weighted by Crippen LogP contribution is 2.25. The fourth-order valence-electron chi connectivity index (χ4n) is 2.91. The Morgan fingerprint density at radius 3 is 2.56 bits per heavy atom. The molecule has 6 heteroatoms. The minimum absolute atomic E-state index is 0.0407. The normalized spacial score (nSPS) is 14.5. The van der Waals surface area contributed by atoms with Gasteiger partial charge in [0.2, 0.25) is 0 Å². The van der Waals surface area contributed by atoms with Gasteiger partial charge in [0.1, 0.15) is 17.7 Å². The van der Waals surface area contributed by atoms with Gasteiger partial charge in [-0.1, -0.05) is 12.1 Å². The number of fused-ring (bicyclic) bond motifs is 1. The molecular formula is C19H15FN4O. The van der Waals surface area contributed by atoms with Crippen molar-refractivity contribution in [3.05, 3.63) is 54.0 Å². The highest BCUT2D eigenvalue weighted by Gasteiger charge is 2.13. The lowest BCUT2D eigenvalue weighted by Gasteiger charge is -2.27. The Morgan fingerprint density at radius 2 is 1.80 bits per heavy atom. The molecule has 0 atom stereocenters. The van der Waals surface area contributed by atoms with Gasteiger partial charge in [0.25, 0.3) is 0 Å². The van der Waals surface area contributed by atoms with E-state index in [9.17, 15) is 4.39 Å². The molecule has 1 aliphatic rings. The molecule has 25 heavy (non-hydrogen) atoms. The number of hydrogen-bond donors (Lipinski definition) is 0. The number of nitriles is 1. The first-order chi connectivity index (χ1) is 12.2. The Labute approximate surface area is 144 Å². The zero-order valence-corrected chi connectivity index (χ0v) is 13.4. The summed E-state index contributed by atoms with van der Waals surface area (Å²) in [4.78, 5) is 11.3. The molecule has 124 valence electrons. The van der Waals surface area contributed by atoms with Gasteiger partial charge >= 0.3 is 0 Å². The molecule has 0 N–H and O–H groups in total. The van der Waals surface area contributed by atoms with Crippen molar-refractivity contribution >= 4 is 16.9 Å². The van der Waals surface area contributed by atoms with Crippen LogP contribution in [0.2, 0.25) is 0 Å². The number of morpholine rings is 1. The van der Waals surface area contributed by atoms with Crippen molar-refractivity contribution in [2.75, 3.05) is 31.2 Å². The van der Waals surface area contributed by atoms with E-state index in [2.05, 4.69) is 9.88 Å². The summed E-state index contributed by atoms with van der Waals surface area (Å²) in [6, 6.07) is 12.1. The maximum Gasteiger partial charge on any atom is 0.148 e. The third-order valence-corrected chi connectivity index (χ3v) is 4.29. The molecule has 0 radical (unpaired) electrons. The van der Waals surface area contributed by atoms with Crippen molar-refractivity contribution in [2.24, 2.45) is 0 Å². The summed E-state index contributed by atoms with van der Waals surface area (Å²) in [6.07, 6.45) is 1.77. The summed E-state index contributed by atoms with van der Waals surface area (Å²) in [5.74, 6) is 0.298. The number of benzene rings is 2. The van der Waals surface area contributed by atoms with Crippen LogP contribution in [0.1, 0.15) is 5.56 Å². The van der Waals surface area contributed by atoms with Gasteiger partial charge in [0, 0.05) is 13.1 Å². The van der Waals surface area contributed by atoms with E-state index in [1.165, 1.54) is 12.1 Å². The lowest BCUT2D eigenvalue weighted by atomic mass is 10.0. The van der Waals surface area contributed by atoms with Gasteiger partial charge in [-0.05, 0) is 35.4 Å². The smallest absolute Gasteiger partial charge is 0.148 e. The fraction of sp³-hybridized carbons (Fsp3) is 0.211. The quantitative estimate of drug-likeness (QED) is 0.720. The number of aromatic nitrogens is 2. The number of nitrogens with zero attached hydrogens (tertiary/aromatic N) is 4. The van der Waals surface area contributed by atoms with Crippen LogP contribution in [0.15, 0.2) is 42.6 Å². The molecule has 5 nitrogen and oxygen atoms in total. The van der Waals surface area contributed by atoms with E-state index in [1.807, 2.05) is 24.3 Å². The molecule has 1 saturated heterocycles. The predicted molar refractivity (Wildman–Crippen MR) is 92.7 cm³/mol. The van der Waals surface area contributed by atoms with E-state index < -0.39 is 5.82 Å². The van der Waals surface area contributed by atoms with E-state index in [0.29, 0.717) is 18.8 Å². The topological polar surface area (TPSA) is 62.0 Å². The Bertz CT molecular complexity index is 977. The van der Waals surface area contributed by atoms with E-state index in [4.69, 9.17) is 15.0 Å². The maximum absolute atomic E-state index is 13.9. The number of rotatable bonds is 2. The molecule has 2 heterocycles. The second-order valence-electron chi connectivity index (χ2n) is 5.84. The largest absolute Gasteiger partial charge is 0.378 e. The van der Waals surface area contributed by atoms with Gasteiger partial charge in [-0.25, -0.2) is 9.37 Å². The first kappa shape index (κ1) is 15.5. The first-order valence-corrected chi connectivity index (χ1v) is 8.04. The SMILES string of the molecule is N#Cc1ccc(-c2ccc3ncc(N4CCOCC4)nc3c2)cc1F. The number of anilines is 1. The molecule has 1 aromatic heterocycles. The average molecular weight is 334 g/mol. The average Bonchev–Trinajstić information content (AvgIpc) is 2.67. The molecular weight excluding hydrogens is 319 g/mol. The minimum atomic E-state index is -0.520. The lowest BCUT2D eigenvalue weighted by molar-refractivity contribution is 0.122. The Kier molecular flexibility index (Phi) is 4.00.